The summed E-state index contributed by atoms with van der Waals surface area (Å²) in [6.45, 7) is 5.81. The van der Waals surface area contributed by atoms with E-state index in [1.165, 1.54) is 4.90 Å². The van der Waals surface area contributed by atoms with Crippen LogP contribution in [0.5, 0.6) is 0 Å². The Morgan fingerprint density at radius 1 is 1.11 bits per heavy atom. The van der Waals surface area contributed by atoms with Crippen LogP contribution < -0.4 is 5.32 Å². The van der Waals surface area contributed by atoms with E-state index in [2.05, 4.69) is 21.9 Å². The molecule has 1 aliphatic rings. The zero-order valence-electron chi connectivity index (χ0n) is 19.1. The standard InChI is InChI=1S/C25H24N4O4S2/c1-16(2)33-25(30)29-11-8-18(9-12-29)35(31,32)19-4-5-21-20(14-19)22(7-10-26-21)28-17-3-6-24-23(13-17)27-15-34-24/h3-7,10,13-15,18H,1,8-9,11-12H2,2H3,(H,26,28). The van der Waals surface area contributed by atoms with Gasteiger partial charge in [-0.2, -0.15) is 0 Å². The van der Waals surface area contributed by atoms with Gasteiger partial charge in [-0.15, -0.1) is 11.3 Å². The van der Waals surface area contributed by atoms with Gasteiger partial charge in [0.2, 0.25) is 0 Å². The first-order valence-corrected chi connectivity index (χ1v) is 13.6. The van der Waals surface area contributed by atoms with E-state index in [0.717, 1.165) is 27.0 Å². The van der Waals surface area contributed by atoms with Gasteiger partial charge in [0.1, 0.15) is 0 Å². The number of anilines is 2. The van der Waals surface area contributed by atoms with Gasteiger partial charge in [-0.05, 0) is 62.2 Å². The number of ether oxygens (including phenoxy) is 1. The number of amides is 1. The Labute approximate surface area is 207 Å². The molecule has 0 saturated carbocycles. The van der Waals surface area contributed by atoms with Gasteiger partial charge in [-0.1, -0.05) is 6.58 Å². The number of hydrogen-bond acceptors (Lipinski definition) is 8. The van der Waals surface area contributed by atoms with E-state index in [1.54, 1.807) is 48.2 Å². The third-order valence-corrected chi connectivity index (χ3v) is 9.12. The molecule has 0 radical (unpaired) electrons. The molecule has 0 unspecified atom stereocenters. The molecule has 2 aromatic carbocycles. The van der Waals surface area contributed by atoms with E-state index < -0.39 is 21.2 Å². The van der Waals surface area contributed by atoms with Crippen LogP contribution in [0.4, 0.5) is 16.2 Å². The van der Waals surface area contributed by atoms with Gasteiger partial charge in [-0.3, -0.25) is 4.98 Å². The van der Waals surface area contributed by atoms with Crippen LogP contribution in [-0.4, -0.2) is 47.7 Å². The molecule has 3 heterocycles. The molecule has 1 fully saturated rings. The van der Waals surface area contributed by atoms with Crippen molar-refractivity contribution in [3.63, 3.8) is 0 Å². The van der Waals surface area contributed by atoms with Gasteiger partial charge < -0.3 is 15.0 Å². The van der Waals surface area contributed by atoms with Crippen molar-refractivity contribution in [1.82, 2.24) is 14.9 Å². The van der Waals surface area contributed by atoms with E-state index in [1.807, 2.05) is 24.3 Å². The molecule has 10 heteroatoms. The number of sulfone groups is 1. The number of likely N-dealkylation sites (tertiary alicyclic amines) is 1. The van der Waals surface area contributed by atoms with Gasteiger partial charge in [0.25, 0.3) is 0 Å². The van der Waals surface area contributed by atoms with Crippen LogP contribution >= 0.6 is 11.3 Å². The highest BCUT2D eigenvalue weighted by molar-refractivity contribution is 7.92. The fourth-order valence-electron chi connectivity index (χ4n) is 4.26. The average Bonchev–Trinajstić information content (AvgIpc) is 3.31. The Hall–Kier alpha value is -3.50. The first kappa shape index (κ1) is 23.3. The SMILES string of the molecule is C=C(C)OC(=O)N1CCC(S(=O)(=O)c2ccc3nccc(Nc4ccc5scnc5c4)c3c2)CC1. The molecule has 1 saturated heterocycles. The van der Waals surface area contributed by atoms with Crippen molar-refractivity contribution in [2.45, 2.75) is 29.9 Å². The Kier molecular flexibility index (Phi) is 6.16. The molecule has 0 spiro atoms. The van der Waals surface area contributed by atoms with Crippen molar-refractivity contribution >= 4 is 59.8 Å². The summed E-state index contributed by atoms with van der Waals surface area (Å²) in [5.74, 6) is 0.311. The Morgan fingerprint density at radius 3 is 2.69 bits per heavy atom. The lowest BCUT2D eigenvalue weighted by Crippen LogP contribution is -2.42. The fraction of sp³-hybridized carbons (Fsp3) is 0.240. The highest BCUT2D eigenvalue weighted by Crippen LogP contribution is 2.32. The highest BCUT2D eigenvalue weighted by atomic mass is 32.2. The largest absolute Gasteiger partial charge is 0.416 e. The van der Waals surface area contributed by atoms with Crippen molar-refractivity contribution in [1.29, 1.82) is 0 Å². The number of thiazole rings is 1. The number of rotatable bonds is 5. The summed E-state index contributed by atoms with van der Waals surface area (Å²) >= 11 is 1.58. The normalized spacial score (nSPS) is 14.8. The summed E-state index contributed by atoms with van der Waals surface area (Å²) in [6.07, 6.45) is 1.89. The summed E-state index contributed by atoms with van der Waals surface area (Å²) < 4.78 is 33.1. The second kappa shape index (κ2) is 9.27. The van der Waals surface area contributed by atoms with Crippen molar-refractivity contribution < 1.29 is 17.9 Å². The maximum atomic E-state index is 13.5. The molecule has 5 rings (SSSR count). The molecule has 2 aromatic heterocycles. The molecule has 1 amide bonds. The van der Waals surface area contributed by atoms with Crippen LogP contribution in [0.2, 0.25) is 0 Å². The quantitative estimate of drug-likeness (QED) is 0.355. The predicted octanol–water partition coefficient (Wildman–Crippen LogP) is 5.50. The summed E-state index contributed by atoms with van der Waals surface area (Å²) in [5.41, 5.74) is 5.03. The Morgan fingerprint density at radius 2 is 1.91 bits per heavy atom. The first-order chi connectivity index (χ1) is 16.8. The molecule has 4 aromatic rings. The number of carbonyl (C=O) groups excluding carboxylic acids is 1. The van der Waals surface area contributed by atoms with E-state index >= 15 is 0 Å². The number of hydrogen-bond donors (Lipinski definition) is 1. The number of benzene rings is 2. The van der Waals surface area contributed by atoms with Crippen molar-refractivity contribution in [3.05, 3.63) is 66.5 Å². The number of pyridine rings is 1. The highest BCUT2D eigenvalue weighted by Gasteiger charge is 2.33. The monoisotopic (exact) mass is 508 g/mol. The molecule has 1 aliphatic heterocycles. The molecule has 35 heavy (non-hydrogen) atoms. The number of allylic oxidation sites excluding steroid dienone is 1. The van der Waals surface area contributed by atoms with Crippen LogP contribution in [0.25, 0.3) is 21.1 Å². The molecule has 180 valence electrons. The van der Waals surface area contributed by atoms with Gasteiger partial charge in [0, 0.05) is 36.0 Å². The van der Waals surface area contributed by atoms with Crippen LogP contribution in [0.15, 0.2) is 71.4 Å². The Balaban J connectivity index is 1.39. The summed E-state index contributed by atoms with van der Waals surface area (Å²) in [5, 5.41) is 3.53. The first-order valence-electron chi connectivity index (χ1n) is 11.2. The maximum absolute atomic E-state index is 13.5. The molecule has 0 atom stereocenters. The number of nitrogens with zero attached hydrogens (tertiary/aromatic N) is 3. The molecule has 0 aliphatic carbocycles. The topological polar surface area (TPSA) is 101 Å². The van der Waals surface area contributed by atoms with Crippen LogP contribution in [0.3, 0.4) is 0 Å². The van der Waals surface area contributed by atoms with Crippen LogP contribution in [0.1, 0.15) is 19.8 Å². The minimum Gasteiger partial charge on any atom is -0.416 e. The molecular formula is C25H24N4O4S2. The average molecular weight is 509 g/mol. The summed E-state index contributed by atoms with van der Waals surface area (Å²) in [6, 6.07) is 12.8. The van der Waals surface area contributed by atoms with Gasteiger partial charge in [0.15, 0.2) is 9.84 Å². The van der Waals surface area contributed by atoms with E-state index in [0.29, 0.717) is 37.2 Å². The van der Waals surface area contributed by atoms with Crippen LogP contribution in [-0.2, 0) is 14.6 Å². The number of piperidine rings is 1. The summed E-state index contributed by atoms with van der Waals surface area (Å²) in [7, 11) is -3.60. The minimum atomic E-state index is -3.60. The third kappa shape index (κ3) is 4.71. The molecule has 1 N–H and O–H groups in total. The maximum Gasteiger partial charge on any atom is 0.414 e. The summed E-state index contributed by atoms with van der Waals surface area (Å²) in [4.78, 5) is 22.6. The lowest BCUT2D eigenvalue weighted by molar-refractivity contribution is 0.121. The van der Waals surface area contributed by atoms with Gasteiger partial charge in [-0.25, -0.2) is 18.2 Å². The Bertz CT molecular complexity index is 1540. The predicted molar refractivity (Wildman–Crippen MR) is 138 cm³/mol. The number of fused-ring (bicyclic) bond motifs is 2. The number of aromatic nitrogens is 2. The lowest BCUT2D eigenvalue weighted by atomic mass is 10.1. The third-order valence-electron chi connectivity index (χ3n) is 6.05. The van der Waals surface area contributed by atoms with Crippen molar-refractivity contribution in [2.24, 2.45) is 0 Å². The molecular weight excluding hydrogens is 484 g/mol. The van der Waals surface area contributed by atoms with Crippen molar-refractivity contribution in [2.75, 3.05) is 18.4 Å². The molecule has 8 nitrogen and oxygen atoms in total. The number of nitrogens with one attached hydrogen (secondary N) is 1. The second-order valence-corrected chi connectivity index (χ2v) is 11.6. The van der Waals surface area contributed by atoms with E-state index in [9.17, 15) is 13.2 Å². The minimum absolute atomic E-state index is 0.249. The van der Waals surface area contributed by atoms with Crippen molar-refractivity contribution in [3.8, 4) is 0 Å². The molecule has 0 bridgehead atoms. The second-order valence-electron chi connectivity index (χ2n) is 8.50. The zero-order valence-corrected chi connectivity index (χ0v) is 20.7. The smallest absolute Gasteiger partial charge is 0.414 e. The fourth-order valence-corrected chi connectivity index (χ4v) is 6.67. The van der Waals surface area contributed by atoms with Crippen LogP contribution in [0, 0.1) is 0 Å². The van der Waals surface area contributed by atoms with Gasteiger partial charge in [0.05, 0.1) is 37.1 Å². The number of carbonyl (C=O) groups is 1. The lowest BCUT2D eigenvalue weighted by Gasteiger charge is -2.31. The van der Waals surface area contributed by atoms with E-state index in [-0.39, 0.29) is 4.90 Å². The zero-order chi connectivity index (χ0) is 24.6. The van der Waals surface area contributed by atoms with Gasteiger partial charge >= 0.3 is 6.09 Å². The van der Waals surface area contributed by atoms with E-state index in [4.69, 9.17) is 4.74 Å².